The minimum absolute atomic E-state index is 0.0457. The first-order valence-electron chi connectivity index (χ1n) is 7.67. The van der Waals surface area contributed by atoms with Crippen LogP contribution in [0.25, 0.3) is 11.1 Å². The summed E-state index contributed by atoms with van der Waals surface area (Å²) in [6.45, 7) is 3.94. The molecule has 0 saturated heterocycles. The number of hydrogen-bond donors (Lipinski definition) is 1. The van der Waals surface area contributed by atoms with Gasteiger partial charge < -0.3 is 14.8 Å². The second-order valence-electron chi connectivity index (χ2n) is 4.98. The van der Waals surface area contributed by atoms with E-state index in [-0.39, 0.29) is 17.2 Å². The maximum absolute atomic E-state index is 12.5. The van der Waals surface area contributed by atoms with Gasteiger partial charge in [-0.2, -0.15) is 13.2 Å². The van der Waals surface area contributed by atoms with E-state index in [9.17, 15) is 22.8 Å². The molecule has 0 unspecified atom stereocenters. The highest BCUT2D eigenvalue weighted by molar-refractivity contribution is 7.15. The number of amides is 1. The lowest BCUT2D eigenvalue weighted by Gasteiger charge is -2.10. The van der Waals surface area contributed by atoms with Crippen LogP contribution in [0.4, 0.5) is 18.2 Å². The first-order valence-corrected chi connectivity index (χ1v) is 8.55. The third-order valence-corrected chi connectivity index (χ3v) is 4.13. The number of ether oxygens (including phenoxy) is 2. The van der Waals surface area contributed by atoms with Gasteiger partial charge in [0.1, 0.15) is 16.3 Å². The van der Waals surface area contributed by atoms with E-state index in [2.05, 4.69) is 0 Å². The van der Waals surface area contributed by atoms with Crippen molar-refractivity contribution in [2.24, 2.45) is 0 Å². The fraction of sp³-hybridized carbons (Fsp3) is 0.294. The first-order chi connectivity index (χ1) is 12.3. The van der Waals surface area contributed by atoms with Crippen LogP contribution in [0, 0.1) is 0 Å². The first kappa shape index (κ1) is 19.8. The zero-order chi connectivity index (χ0) is 19.3. The van der Waals surface area contributed by atoms with E-state index in [1.165, 1.54) is 5.38 Å². The molecule has 5 nitrogen and oxygen atoms in total. The van der Waals surface area contributed by atoms with Crippen molar-refractivity contribution < 1.29 is 32.2 Å². The van der Waals surface area contributed by atoms with Gasteiger partial charge in [-0.15, -0.1) is 11.3 Å². The zero-order valence-corrected chi connectivity index (χ0v) is 14.8. The van der Waals surface area contributed by atoms with Crippen molar-refractivity contribution in [1.82, 2.24) is 0 Å². The summed E-state index contributed by atoms with van der Waals surface area (Å²) in [7, 11) is 0. The van der Waals surface area contributed by atoms with Crippen LogP contribution in [0.2, 0.25) is 0 Å². The number of alkyl halides is 3. The molecule has 0 aliphatic rings. The Bertz CT molecular complexity index is 784. The quantitative estimate of drug-likeness (QED) is 0.742. The van der Waals surface area contributed by atoms with Gasteiger partial charge in [-0.05, 0) is 31.5 Å². The minimum Gasteiger partial charge on any atom is -0.494 e. The van der Waals surface area contributed by atoms with Crippen LogP contribution >= 0.6 is 11.3 Å². The molecule has 1 aromatic heterocycles. The van der Waals surface area contributed by atoms with Crippen LogP contribution in [0.5, 0.6) is 5.75 Å². The van der Waals surface area contributed by atoms with Gasteiger partial charge in [0.25, 0.3) is 0 Å². The van der Waals surface area contributed by atoms with Crippen LogP contribution in [0.15, 0.2) is 29.6 Å². The molecule has 0 fully saturated rings. The molecule has 0 atom stereocenters. The van der Waals surface area contributed by atoms with Crippen molar-refractivity contribution in [3.63, 3.8) is 0 Å². The summed E-state index contributed by atoms with van der Waals surface area (Å²) in [5.74, 6) is -2.34. The third kappa shape index (κ3) is 4.54. The van der Waals surface area contributed by atoms with Gasteiger partial charge in [-0.1, -0.05) is 12.1 Å². The fourth-order valence-electron chi connectivity index (χ4n) is 2.14. The van der Waals surface area contributed by atoms with Crippen LogP contribution < -0.4 is 10.1 Å². The normalized spacial score (nSPS) is 11.1. The minimum atomic E-state index is -5.06. The summed E-state index contributed by atoms with van der Waals surface area (Å²) >= 11 is 0.820. The van der Waals surface area contributed by atoms with Gasteiger partial charge >= 0.3 is 18.1 Å². The standard InChI is InChI=1S/C17H16F3NO4S/c1-3-24-11-7-5-10(6-8-11)12-9-26-14(13(12)15(22)25-4-2)21-16(23)17(18,19)20/h5-9H,3-4H2,1-2H3,(H,21,23). The van der Waals surface area contributed by atoms with Crippen molar-refractivity contribution in [3.8, 4) is 16.9 Å². The number of thiophene rings is 1. The third-order valence-electron chi connectivity index (χ3n) is 3.23. The van der Waals surface area contributed by atoms with E-state index in [1.54, 1.807) is 36.5 Å². The van der Waals surface area contributed by atoms with Gasteiger partial charge in [0.05, 0.1) is 13.2 Å². The molecule has 1 heterocycles. The lowest BCUT2D eigenvalue weighted by molar-refractivity contribution is -0.167. The summed E-state index contributed by atoms with van der Waals surface area (Å²) in [6, 6.07) is 6.70. The highest BCUT2D eigenvalue weighted by Gasteiger charge is 2.40. The lowest BCUT2D eigenvalue weighted by Crippen LogP contribution is -2.30. The molecule has 1 aromatic carbocycles. The predicted molar refractivity (Wildman–Crippen MR) is 91.6 cm³/mol. The second kappa shape index (κ2) is 8.22. The largest absolute Gasteiger partial charge is 0.494 e. The van der Waals surface area contributed by atoms with E-state index in [0.717, 1.165) is 11.3 Å². The number of rotatable bonds is 6. The zero-order valence-electron chi connectivity index (χ0n) is 14.0. The van der Waals surface area contributed by atoms with Crippen molar-refractivity contribution >= 4 is 28.2 Å². The number of hydrogen-bond acceptors (Lipinski definition) is 5. The van der Waals surface area contributed by atoms with Crippen molar-refractivity contribution in [3.05, 3.63) is 35.2 Å². The summed E-state index contributed by atoms with van der Waals surface area (Å²) < 4.78 is 47.8. The second-order valence-corrected chi connectivity index (χ2v) is 5.86. The average molecular weight is 387 g/mol. The Morgan fingerprint density at radius 1 is 1.12 bits per heavy atom. The summed E-state index contributed by atoms with van der Waals surface area (Å²) in [5, 5.41) is 3.02. The van der Waals surface area contributed by atoms with Gasteiger partial charge in [-0.25, -0.2) is 4.79 Å². The molecule has 1 amide bonds. The number of halogens is 3. The van der Waals surface area contributed by atoms with Gasteiger partial charge in [0, 0.05) is 10.9 Å². The van der Waals surface area contributed by atoms with Crippen molar-refractivity contribution in [2.75, 3.05) is 18.5 Å². The molecule has 0 aliphatic heterocycles. The van der Waals surface area contributed by atoms with Crippen LogP contribution in [-0.2, 0) is 9.53 Å². The predicted octanol–water partition coefficient (Wildman–Crippen LogP) is 4.49. The Morgan fingerprint density at radius 3 is 2.31 bits per heavy atom. The maximum Gasteiger partial charge on any atom is 0.471 e. The molecular formula is C17H16F3NO4S. The molecule has 9 heteroatoms. The number of esters is 1. The van der Waals surface area contributed by atoms with E-state index in [0.29, 0.717) is 23.5 Å². The Labute approximate surface area is 151 Å². The van der Waals surface area contributed by atoms with E-state index >= 15 is 0 Å². The number of carbonyl (C=O) groups excluding carboxylic acids is 2. The Hall–Kier alpha value is -2.55. The number of benzene rings is 1. The topological polar surface area (TPSA) is 64.6 Å². The van der Waals surface area contributed by atoms with Gasteiger partial charge in [-0.3, -0.25) is 4.79 Å². The number of anilines is 1. The van der Waals surface area contributed by atoms with Crippen molar-refractivity contribution in [1.29, 1.82) is 0 Å². The monoisotopic (exact) mass is 387 g/mol. The molecule has 140 valence electrons. The molecule has 0 spiro atoms. The van der Waals surface area contributed by atoms with Crippen LogP contribution in [-0.4, -0.2) is 31.3 Å². The Morgan fingerprint density at radius 2 is 1.77 bits per heavy atom. The van der Waals surface area contributed by atoms with Gasteiger partial charge in [0.2, 0.25) is 0 Å². The van der Waals surface area contributed by atoms with E-state index in [1.807, 2.05) is 6.92 Å². The summed E-state index contributed by atoms with van der Waals surface area (Å²) in [6.07, 6.45) is -5.06. The number of carbonyl (C=O) groups is 2. The highest BCUT2D eigenvalue weighted by atomic mass is 32.1. The molecule has 0 saturated carbocycles. The maximum atomic E-state index is 12.5. The molecule has 2 aromatic rings. The smallest absolute Gasteiger partial charge is 0.471 e. The van der Waals surface area contributed by atoms with E-state index in [4.69, 9.17) is 9.47 Å². The molecule has 0 bridgehead atoms. The highest BCUT2D eigenvalue weighted by Crippen LogP contribution is 2.37. The molecule has 0 aliphatic carbocycles. The summed E-state index contributed by atoms with van der Waals surface area (Å²) in [4.78, 5) is 23.5. The Kier molecular flexibility index (Phi) is 6.25. The fourth-order valence-corrected chi connectivity index (χ4v) is 3.09. The van der Waals surface area contributed by atoms with Gasteiger partial charge in [0.15, 0.2) is 0 Å². The van der Waals surface area contributed by atoms with E-state index < -0.39 is 18.1 Å². The Balaban J connectivity index is 2.42. The molecule has 1 N–H and O–H groups in total. The average Bonchev–Trinajstić information content (AvgIpc) is 2.99. The molecule has 0 radical (unpaired) electrons. The van der Waals surface area contributed by atoms with Crippen LogP contribution in [0.3, 0.4) is 0 Å². The molecule has 2 rings (SSSR count). The van der Waals surface area contributed by atoms with Crippen LogP contribution in [0.1, 0.15) is 24.2 Å². The molecule has 26 heavy (non-hydrogen) atoms. The molecular weight excluding hydrogens is 371 g/mol. The SMILES string of the molecule is CCOC(=O)c1c(-c2ccc(OCC)cc2)csc1NC(=O)C(F)(F)F. The van der Waals surface area contributed by atoms with Crippen molar-refractivity contribution in [2.45, 2.75) is 20.0 Å². The number of nitrogens with one attached hydrogen (secondary N) is 1. The lowest BCUT2D eigenvalue weighted by atomic mass is 10.0. The summed E-state index contributed by atoms with van der Waals surface area (Å²) in [5.41, 5.74) is 0.841.